The molecule has 36 heavy (non-hydrogen) atoms. The average molecular weight is 489 g/mol. The molecule has 1 saturated carbocycles. The minimum absolute atomic E-state index is 0.0930. The van der Waals surface area contributed by atoms with Gasteiger partial charge in [-0.2, -0.15) is 0 Å². The third kappa shape index (κ3) is 4.62. The zero-order chi connectivity index (χ0) is 24.4. The van der Waals surface area contributed by atoms with Crippen LogP contribution < -0.4 is 0 Å². The number of aromatic nitrogens is 2. The highest BCUT2D eigenvalue weighted by molar-refractivity contribution is 5.29. The third-order valence-electron chi connectivity index (χ3n) is 9.02. The number of hydrogen-bond acceptors (Lipinski definition) is 5. The van der Waals surface area contributed by atoms with Crippen molar-refractivity contribution >= 4 is 0 Å². The number of fused-ring (bicyclic) bond motifs is 3. The first-order valence-corrected chi connectivity index (χ1v) is 13.8. The minimum atomic E-state index is -1.23. The van der Waals surface area contributed by atoms with Crippen LogP contribution in [0.3, 0.4) is 0 Å². The molecule has 2 aromatic carbocycles. The van der Waals surface area contributed by atoms with Gasteiger partial charge in [0.25, 0.3) is 11.8 Å². The number of nitrogens with zero attached hydrogens (tertiary/aromatic N) is 3. The summed E-state index contributed by atoms with van der Waals surface area (Å²) in [6, 6.07) is 20.4. The van der Waals surface area contributed by atoms with Gasteiger partial charge in [-0.1, -0.05) is 79.9 Å². The zero-order valence-electron chi connectivity index (χ0n) is 21.1. The summed E-state index contributed by atoms with van der Waals surface area (Å²) < 4.78 is 13.7. The molecule has 6 heteroatoms. The summed E-state index contributed by atoms with van der Waals surface area (Å²) in [5.74, 6) is 1.73. The smallest absolute Gasteiger partial charge is 0.271 e. The quantitative estimate of drug-likeness (QED) is 0.441. The summed E-state index contributed by atoms with van der Waals surface area (Å²) >= 11 is 0. The summed E-state index contributed by atoms with van der Waals surface area (Å²) in [6.45, 7) is 4.61. The van der Waals surface area contributed by atoms with Gasteiger partial charge in [0.1, 0.15) is 12.6 Å². The van der Waals surface area contributed by atoms with Crippen molar-refractivity contribution in [3.8, 4) is 0 Å². The van der Waals surface area contributed by atoms with Crippen molar-refractivity contribution in [1.82, 2.24) is 10.2 Å². The predicted molar refractivity (Wildman–Crippen MR) is 137 cm³/mol. The summed E-state index contributed by atoms with van der Waals surface area (Å²) in [6.07, 6.45) is 8.06. The number of aliphatic hydroxyl groups is 1. The van der Waals surface area contributed by atoms with E-state index in [0.717, 1.165) is 55.4 Å². The van der Waals surface area contributed by atoms with E-state index in [1.54, 1.807) is 0 Å². The first kappa shape index (κ1) is 23.8. The highest BCUT2D eigenvalue weighted by Crippen LogP contribution is 2.44. The molecule has 7 rings (SSSR count). The van der Waals surface area contributed by atoms with Crippen LogP contribution in [0.2, 0.25) is 0 Å². The summed E-state index contributed by atoms with van der Waals surface area (Å²) in [4.78, 5) is 0. The molecule has 1 aliphatic carbocycles. The molecule has 1 N–H and O–H groups in total. The Kier molecular flexibility index (Phi) is 6.67. The fourth-order valence-electron chi connectivity index (χ4n) is 6.91. The number of piperidine rings is 3. The summed E-state index contributed by atoms with van der Waals surface area (Å²) in [7, 11) is 0. The molecular weight excluding hydrogens is 450 g/mol. The maximum Gasteiger partial charge on any atom is 0.271 e. The van der Waals surface area contributed by atoms with E-state index in [9.17, 15) is 5.11 Å². The van der Waals surface area contributed by atoms with Gasteiger partial charge in [-0.3, -0.25) is 0 Å². The molecule has 2 bridgehead atoms. The van der Waals surface area contributed by atoms with Crippen LogP contribution in [0, 0.1) is 11.8 Å². The SMILES string of the molecule is OC(c1ccccc1)(c1nnc(C[N+]23CCC(CC2)[C@@H](OCc2ccccc2)C3)o1)C1CCCCC1. The Bertz CT molecular complexity index is 1120. The van der Waals surface area contributed by atoms with Crippen LogP contribution in [0.25, 0.3) is 0 Å². The molecule has 4 fully saturated rings. The van der Waals surface area contributed by atoms with Crippen LogP contribution in [-0.4, -0.2) is 45.5 Å². The van der Waals surface area contributed by atoms with Gasteiger partial charge in [0.05, 0.1) is 19.7 Å². The Balaban J connectivity index is 1.20. The Morgan fingerprint density at radius 2 is 1.58 bits per heavy atom. The third-order valence-corrected chi connectivity index (χ3v) is 9.02. The lowest BCUT2D eigenvalue weighted by Crippen LogP contribution is -2.63. The molecule has 4 aliphatic rings. The molecule has 3 saturated heterocycles. The second kappa shape index (κ2) is 10.1. The largest absolute Gasteiger partial charge is 0.416 e. The number of hydrogen-bond donors (Lipinski definition) is 1. The molecule has 2 atom stereocenters. The van der Waals surface area contributed by atoms with E-state index in [4.69, 9.17) is 9.15 Å². The van der Waals surface area contributed by atoms with E-state index in [1.807, 2.05) is 36.4 Å². The molecule has 4 heterocycles. The van der Waals surface area contributed by atoms with Crippen LogP contribution >= 0.6 is 0 Å². The normalized spacial score (nSPS) is 28.1. The van der Waals surface area contributed by atoms with Crippen molar-refractivity contribution in [2.45, 2.75) is 69.8 Å². The van der Waals surface area contributed by atoms with E-state index in [-0.39, 0.29) is 12.0 Å². The van der Waals surface area contributed by atoms with Crippen molar-refractivity contribution in [2.24, 2.45) is 11.8 Å². The molecule has 1 unspecified atom stereocenters. The Labute approximate surface area is 213 Å². The zero-order valence-corrected chi connectivity index (χ0v) is 21.1. The maximum absolute atomic E-state index is 12.1. The van der Waals surface area contributed by atoms with E-state index in [0.29, 0.717) is 30.9 Å². The second-order valence-electron chi connectivity index (χ2n) is 11.3. The van der Waals surface area contributed by atoms with Gasteiger partial charge in [-0.25, -0.2) is 0 Å². The monoisotopic (exact) mass is 488 g/mol. The molecule has 3 aromatic rings. The Hall–Kier alpha value is -2.54. The Morgan fingerprint density at radius 3 is 2.31 bits per heavy atom. The molecular formula is C30H38N3O3+. The molecule has 190 valence electrons. The lowest BCUT2D eigenvalue weighted by atomic mass is 9.73. The van der Waals surface area contributed by atoms with Gasteiger partial charge >= 0.3 is 0 Å². The van der Waals surface area contributed by atoms with Gasteiger partial charge in [0.15, 0.2) is 12.1 Å². The van der Waals surface area contributed by atoms with Crippen molar-refractivity contribution in [1.29, 1.82) is 0 Å². The van der Waals surface area contributed by atoms with Crippen molar-refractivity contribution in [3.05, 3.63) is 83.6 Å². The molecule has 0 spiro atoms. The minimum Gasteiger partial charge on any atom is -0.416 e. The van der Waals surface area contributed by atoms with Crippen LogP contribution in [0.1, 0.15) is 67.9 Å². The average Bonchev–Trinajstić information content (AvgIpc) is 3.42. The van der Waals surface area contributed by atoms with Gasteiger partial charge in [0, 0.05) is 24.7 Å². The molecule has 0 radical (unpaired) electrons. The highest BCUT2D eigenvalue weighted by Gasteiger charge is 2.49. The maximum atomic E-state index is 12.1. The van der Waals surface area contributed by atoms with E-state index in [2.05, 4.69) is 34.5 Å². The second-order valence-corrected chi connectivity index (χ2v) is 11.3. The van der Waals surface area contributed by atoms with Crippen LogP contribution in [0.15, 0.2) is 65.1 Å². The summed E-state index contributed by atoms with van der Waals surface area (Å²) in [5, 5.41) is 21.1. The van der Waals surface area contributed by atoms with Gasteiger partial charge < -0.3 is 18.7 Å². The molecule has 3 aliphatic heterocycles. The van der Waals surface area contributed by atoms with Crippen molar-refractivity contribution in [3.63, 3.8) is 0 Å². The number of ether oxygens (including phenoxy) is 1. The fraction of sp³-hybridized carbons (Fsp3) is 0.533. The topological polar surface area (TPSA) is 68.4 Å². The standard InChI is InChI=1S/C30H38N3O3/c34-30(25-12-6-2-7-13-25,26-14-8-3-9-15-26)29-32-31-28(36-29)21-33-18-16-24(17-19-33)27(20-33)35-22-23-10-4-1-5-11-23/h1-2,4-7,10-13,24,26-27,34H,3,8-9,14-22H2/q+1/t24?,27-,30?,33?/m0/s1. The van der Waals surface area contributed by atoms with Crippen LogP contribution in [0.4, 0.5) is 0 Å². The summed E-state index contributed by atoms with van der Waals surface area (Å²) in [5.41, 5.74) is 0.848. The number of quaternary nitrogens is 1. The number of rotatable bonds is 8. The van der Waals surface area contributed by atoms with Crippen molar-refractivity contribution < 1.29 is 18.7 Å². The molecule has 1 aromatic heterocycles. The Morgan fingerprint density at radius 1 is 0.889 bits per heavy atom. The number of benzene rings is 2. The van der Waals surface area contributed by atoms with Gasteiger partial charge in [0.2, 0.25) is 0 Å². The highest BCUT2D eigenvalue weighted by atomic mass is 16.5. The van der Waals surface area contributed by atoms with E-state index < -0.39 is 5.60 Å². The lowest BCUT2D eigenvalue weighted by molar-refractivity contribution is -0.959. The first-order valence-electron chi connectivity index (χ1n) is 13.8. The van der Waals surface area contributed by atoms with Gasteiger partial charge in [-0.05, 0) is 24.0 Å². The van der Waals surface area contributed by atoms with Crippen molar-refractivity contribution in [2.75, 3.05) is 19.6 Å². The van der Waals surface area contributed by atoms with Crippen LogP contribution in [-0.2, 0) is 23.5 Å². The van der Waals surface area contributed by atoms with E-state index in [1.165, 1.54) is 24.8 Å². The molecule has 0 amide bonds. The first-order chi connectivity index (χ1) is 17.6. The van der Waals surface area contributed by atoms with E-state index >= 15 is 0 Å². The van der Waals surface area contributed by atoms with Gasteiger partial charge in [-0.15, -0.1) is 10.2 Å². The predicted octanol–water partition coefficient (Wildman–Crippen LogP) is 5.21. The fourth-order valence-corrected chi connectivity index (χ4v) is 6.91. The molecule has 6 nitrogen and oxygen atoms in total. The lowest BCUT2D eigenvalue weighted by Gasteiger charge is -2.51. The van der Waals surface area contributed by atoms with Crippen LogP contribution in [0.5, 0.6) is 0 Å².